The summed E-state index contributed by atoms with van der Waals surface area (Å²) in [6, 6.07) is 14.2. The van der Waals surface area contributed by atoms with Gasteiger partial charge in [-0.1, -0.05) is 30.3 Å². The summed E-state index contributed by atoms with van der Waals surface area (Å²) in [5.74, 6) is 0.298. The number of carbonyl (C=O) groups is 1. The third-order valence-electron chi connectivity index (χ3n) is 5.29. The SMILES string of the molecule is CC1Cc2ccccc2N1CC(=O)NC(c1ccc(F)cc1)c1nccn1C. The Kier molecular flexibility index (Phi) is 4.86. The van der Waals surface area contributed by atoms with Gasteiger partial charge < -0.3 is 14.8 Å². The first-order valence-electron chi connectivity index (χ1n) is 9.39. The molecule has 0 spiro atoms. The molecular formula is C22H23FN4O. The maximum absolute atomic E-state index is 13.4. The van der Waals surface area contributed by atoms with E-state index in [-0.39, 0.29) is 24.3 Å². The monoisotopic (exact) mass is 378 g/mol. The molecule has 1 aliphatic heterocycles. The maximum atomic E-state index is 13.4. The Hall–Kier alpha value is -3.15. The molecule has 0 saturated heterocycles. The van der Waals surface area contributed by atoms with Crippen molar-refractivity contribution in [3.8, 4) is 0 Å². The highest BCUT2D eigenvalue weighted by atomic mass is 19.1. The fraction of sp³-hybridized carbons (Fsp3) is 0.273. The smallest absolute Gasteiger partial charge is 0.240 e. The summed E-state index contributed by atoms with van der Waals surface area (Å²) in [6.45, 7) is 2.39. The van der Waals surface area contributed by atoms with Gasteiger partial charge >= 0.3 is 0 Å². The van der Waals surface area contributed by atoms with Crippen molar-refractivity contribution in [1.29, 1.82) is 0 Å². The lowest BCUT2D eigenvalue weighted by molar-refractivity contribution is -0.120. The van der Waals surface area contributed by atoms with Crippen molar-refractivity contribution >= 4 is 11.6 Å². The second kappa shape index (κ2) is 7.46. The highest BCUT2D eigenvalue weighted by Crippen LogP contribution is 2.31. The van der Waals surface area contributed by atoms with Crippen LogP contribution >= 0.6 is 0 Å². The molecule has 0 aliphatic carbocycles. The number of carbonyl (C=O) groups excluding carboxylic acids is 1. The molecule has 6 heteroatoms. The van der Waals surface area contributed by atoms with Gasteiger partial charge in [0.15, 0.2) is 0 Å². The lowest BCUT2D eigenvalue weighted by Crippen LogP contribution is -2.42. The molecule has 1 amide bonds. The van der Waals surface area contributed by atoms with Crippen molar-refractivity contribution in [2.45, 2.75) is 25.4 Å². The van der Waals surface area contributed by atoms with Crippen molar-refractivity contribution < 1.29 is 9.18 Å². The maximum Gasteiger partial charge on any atom is 0.240 e. The number of amides is 1. The molecule has 0 saturated carbocycles. The minimum atomic E-state index is -0.443. The van der Waals surface area contributed by atoms with E-state index >= 15 is 0 Å². The van der Waals surface area contributed by atoms with Crippen LogP contribution in [-0.2, 0) is 18.3 Å². The third-order valence-corrected chi connectivity index (χ3v) is 5.29. The Bertz CT molecular complexity index is 982. The van der Waals surface area contributed by atoms with Crippen LogP contribution in [0.2, 0.25) is 0 Å². The van der Waals surface area contributed by atoms with Gasteiger partial charge in [0.2, 0.25) is 5.91 Å². The molecular weight excluding hydrogens is 355 g/mol. The fourth-order valence-electron chi connectivity index (χ4n) is 3.84. The van der Waals surface area contributed by atoms with Gasteiger partial charge in [-0.15, -0.1) is 0 Å². The number of aromatic nitrogens is 2. The Morgan fingerprint density at radius 1 is 1.25 bits per heavy atom. The highest BCUT2D eigenvalue weighted by molar-refractivity contribution is 5.83. The number of benzene rings is 2. The number of para-hydroxylation sites is 1. The average Bonchev–Trinajstić information content (AvgIpc) is 3.24. The van der Waals surface area contributed by atoms with Gasteiger partial charge in [0, 0.05) is 31.2 Å². The molecule has 2 aromatic carbocycles. The summed E-state index contributed by atoms with van der Waals surface area (Å²) in [5, 5.41) is 3.09. The minimum Gasteiger partial charge on any atom is -0.359 e. The Balaban J connectivity index is 1.56. The van der Waals surface area contributed by atoms with E-state index < -0.39 is 6.04 Å². The van der Waals surface area contributed by atoms with Crippen molar-refractivity contribution in [1.82, 2.24) is 14.9 Å². The number of nitrogens with zero attached hydrogens (tertiary/aromatic N) is 3. The number of fused-ring (bicyclic) bond motifs is 1. The molecule has 0 radical (unpaired) electrons. The number of halogens is 1. The van der Waals surface area contributed by atoms with E-state index in [1.165, 1.54) is 17.7 Å². The van der Waals surface area contributed by atoms with Gasteiger partial charge in [0.1, 0.15) is 17.7 Å². The molecule has 2 unspecified atom stereocenters. The largest absolute Gasteiger partial charge is 0.359 e. The molecule has 1 N–H and O–H groups in total. The molecule has 2 atom stereocenters. The van der Waals surface area contributed by atoms with Gasteiger partial charge in [-0.3, -0.25) is 4.79 Å². The van der Waals surface area contributed by atoms with E-state index in [2.05, 4.69) is 34.3 Å². The zero-order valence-electron chi connectivity index (χ0n) is 16.0. The summed E-state index contributed by atoms with van der Waals surface area (Å²) in [6.07, 6.45) is 4.46. The predicted octanol–water partition coefficient (Wildman–Crippen LogP) is 3.22. The van der Waals surface area contributed by atoms with Crippen molar-refractivity contribution in [3.05, 3.63) is 83.7 Å². The summed E-state index contributed by atoms with van der Waals surface area (Å²) in [7, 11) is 1.88. The van der Waals surface area contributed by atoms with Gasteiger partial charge in [0.25, 0.3) is 0 Å². The molecule has 3 aromatic rings. The zero-order chi connectivity index (χ0) is 19.7. The van der Waals surface area contributed by atoms with Crippen LogP contribution in [0.3, 0.4) is 0 Å². The second-order valence-corrected chi connectivity index (χ2v) is 7.26. The normalized spacial score (nSPS) is 16.7. The molecule has 0 fully saturated rings. The van der Waals surface area contributed by atoms with E-state index in [4.69, 9.17) is 0 Å². The van der Waals surface area contributed by atoms with Crippen LogP contribution in [0.4, 0.5) is 10.1 Å². The number of nitrogens with one attached hydrogen (secondary N) is 1. The molecule has 5 nitrogen and oxygen atoms in total. The van der Waals surface area contributed by atoms with E-state index in [1.807, 2.05) is 29.9 Å². The Morgan fingerprint density at radius 2 is 2.00 bits per heavy atom. The fourth-order valence-corrected chi connectivity index (χ4v) is 3.84. The number of aryl methyl sites for hydroxylation is 1. The van der Waals surface area contributed by atoms with Gasteiger partial charge in [-0.2, -0.15) is 0 Å². The molecule has 144 valence electrons. The quantitative estimate of drug-likeness (QED) is 0.742. The lowest BCUT2D eigenvalue weighted by atomic mass is 10.1. The van der Waals surface area contributed by atoms with E-state index in [9.17, 15) is 9.18 Å². The van der Waals surface area contributed by atoms with Crippen LogP contribution in [0.1, 0.15) is 29.9 Å². The Labute approximate surface area is 163 Å². The van der Waals surface area contributed by atoms with Crippen LogP contribution in [0.25, 0.3) is 0 Å². The average molecular weight is 378 g/mol. The third kappa shape index (κ3) is 3.50. The van der Waals surface area contributed by atoms with Crippen molar-refractivity contribution in [2.24, 2.45) is 7.05 Å². The standard InChI is InChI=1S/C22H23FN4O/c1-15-13-17-5-3-4-6-19(17)27(15)14-20(28)25-21(22-24-11-12-26(22)2)16-7-9-18(23)10-8-16/h3-12,15,21H,13-14H2,1-2H3,(H,25,28). The van der Waals surface area contributed by atoms with Crippen LogP contribution in [0, 0.1) is 5.82 Å². The van der Waals surface area contributed by atoms with E-state index in [0.717, 1.165) is 17.7 Å². The van der Waals surface area contributed by atoms with Crippen LogP contribution < -0.4 is 10.2 Å². The molecule has 0 bridgehead atoms. The molecule has 1 aliphatic rings. The number of hydrogen-bond acceptors (Lipinski definition) is 3. The van der Waals surface area contributed by atoms with Crippen LogP contribution in [0.5, 0.6) is 0 Å². The van der Waals surface area contributed by atoms with Crippen LogP contribution in [-0.4, -0.2) is 28.0 Å². The van der Waals surface area contributed by atoms with E-state index in [0.29, 0.717) is 5.82 Å². The minimum absolute atomic E-state index is 0.0964. The number of hydrogen-bond donors (Lipinski definition) is 1. The van der Waals surface area contributed by atoms with Crippen LogP contribution in [0.15, 0.2) is 60.9 Å². The second-order valence-electron chi connectivity index (χ2n) is 7.26. The number of anilines is 1. The summed E-state index contributed by atoms with van der Waals surface area (Å²) in [5.41, 5.74) is 3.17. The number of rotatable bonds is 5. The highest BCUT2D eigenvalue weighted by Gasteiger charge is 2.28. The summed E-state index contributed by atoms with van der Waals surface area (Å²) in [4.78, 5) is 19.5. The first kappa shape index (κ1) is 18.2. The van der Waals surface area contributed by atoms with Gasteiger partial charge in [0.05, 0.1) is 6.54 Å². The zero-order valence-corrected chi connectivity index (χ0v) is 16.0. The first-order valence-corrected chi connectivity index (χ1v) is 9.39. The first-order chi connectivity index (χ1) is 13.5. The Morgan fingerprint density at radius 3 is 2.71 bits per heavy atom. The van der Waals surface area contributed by atoms with Crippen molar-refractivity contribution in [3.63, 3.8) is 0 Å². The topological polar surface area (TPSA) is 50.2 Å². The van der Waals surface area contributed by atoms with Gasteiger partial charge in [-0.05, 0) is 42.7 Å². The summed E-state index contributed by atoms with van der Waals surface area (Å²) < 4.78 is 15.2. The van der Waals surface area contributed by atoms with E-state index in [1.54, 1.807) is 18.3 Å². The lowest BCUT2D eigenvalue weighted by Gasteiger charge is -2.26. The summed E-state index contributed by atoms with van der Waals surface area (Å²) >= 11 is 0. The van der Waals surface area contributed by atoms with Crippen molar-refractivity contribution in [2.75, 3.05) is 11.4 Å². The predicted molar refractivity (Wildman–Crippen MR) is 107 cm³/mol. The molecule has 2 heterocycles. The number of imidazole rings is 1. The van der Waals surface area contributed by atoms with Gasteiger partial charge in [-0.25, -0.2) is 9.37 Å². The molecule has 1 aromatic heterocycles. The molecule has 4 rings (SSSR count). The molecule has 28 heavy (non-hydrogen) atoms.